The number of fused-ring (bicyclic) bond motifs is 1. The van der Waals surface area contributed by atoms with Gasteiger partial charge >= 0.3 is 5.97 Å². The van der Waals surface area contributed by atoms with Crippen LogP contribution in [0.1, 0.15) is 11.5 Å². The Labute approximate surface area is 126 Å². The molecule has 0 bridgehead atoms. The number of oxazole rings is 1. The molecule has 0 atom stereocenters. The van der Waals surface area contributed by atoms with Crippen molar-refractivity contribution in [3.05, 3.63) is 58.9 Å². The third-order valence-corrected chi connectivity index (χ3v) is 3.21. The molecule has 1 heterocycles. The van der Waals surface area contributed by atoms with Crippen molar-refractivity contribution in [1.29, 1.82) is 0 Å². The standard InChI is InChI=1S/C16H12ClNO3/c1-10-18-14-7-6-13(9-15(14)20-10)21-16(19)8-11-2-4-12(17)5-3-11/h2-7,9H,8H2,1H3. The van der Waals surface area contributed by atoms with Gasteiger partial charge in [-0.25, -0.2) is 4.98 Å². The molecule has 0 saturated carbocycles. The second-order valence-electron chi connectivity index (χ2n) is 4.64. The number of esters is 1. The third kappa shape index (κ3) is 3.23. The Balaban J connectivity index is 1.71. The summed E-state index contributed by atoms with van der Waals surface area (Å²) in [5.74, 6) is 0.681. The highest BCUT2D eigenvalue weighted by Gasteiger charge is 2.09. The molecule has 3 aromatic rings. The Morgan fingerprint density at radius 3 is 2.76 bits per heavy atom. The summed E-state index contributed by atoms with van der Waals surface area (Å²) >= 11 is 5.80. The van der Waals surface area contributed by atoms with Crippen LogP contribution in [0, 0.1) is 6.92 Å². The number of hydrogen-bond donors (Lipinski definition) is 0. The number of benzene rings is 2. The van der Waals surface area contributed by atoms with Crippen molar-refractivity contribution < 1.29 is 13.9 Å². The van der Waals surface area contributed by atoms with Gasteiger partial charge in [0.1, 0.15) is 11.3 Å². The minimum Gasteiger partial charge on any atom is -0.441 e. The van der Waals surface area contributed by atoms with Gasteiger partial charge in [0, 0.05) is 18.0 Å². The first-order valence-corrected chi connectivity index (χ1v) is 6.80. The summed E-state index contributed by atoms with van der Waals surface area (Å²) in [6.07, 6.45) is 0.185. The zero-order valence-electron chi connectivity index (χ0n) is 11.3. The molecule has 1 aromatic heterocycles. The van der Waals surface area contributed by atoms with Gasteiger partial charge < -0.3 is 9.15 Å². The van der Waals surface area contributed by atoms with Gasteiger partial charge in [-0.3, -0.25) is 4.79 Å². The molecule has 0 saturated heterocycles. The largest absolute Gasteiger partial charge is 0.441 e. The van der Waals surface area contributed by atoms with Crippen molar-refractivity contribution in [2.24, 2.45) is 0 Å². The van der Waals surface area contributed by atoms with Crippen LogP contribution in [0.4, 0.5) is 0 Å². The molecule has 0 aliphatic rings. The zero-order valence-corrected chi connectivity index (χ0v) is 12.1. The Morgan fingerprint density at radius 1 is 1.24 bits per heavy atom. The first kappa shape index (κ1) is 13.6. The van der Waals surface area contributed by atoms with Gasteiger partial charge in [0.05, 0.1) is 6.42 Å². The molecule has 5 heteroatoms. The quantitative estimate of drug-likeness (QED) is 0.543. The molecule has 0 spiro atoms. The summed E-state index contributed by atoms with van der Waals surface area (Å²) in [5.41, 5.74) is 2.19. The van der Waals surface area contributed by atoms with Crippen molar-refractivity contribution in [2.75, 3.05) is 0 Å². The van der Waals surface area contributed by atoms with Crippen LogP contribution >= 0.6 is 11.6 Å². The van der Waals surface area contributed by atoms with Gasteiger partial charge in [-0.2, -0.15) is 0 Å². The molecule has 0 amide bonds. The fourth-order valence-corrected chi connectivity index (χ4v) is 2.15. The average molecular weight is 302 g/mol. The summed E-state index contributed by atoms with van der Waals surface area (Å²) in [7, 11) is 0. The number of carbonyl (C=O) groups excluding carboxylic acids is 1. The van der Waals surface area contributed by atoms with E-state index in [0.717, 1.165) is 11.1 Å². The number of nitrogens with zero attached hydrogens (tertiary/aromatic N) is 1. The molecule has 0 unspecified atom stereocenters. The second-order valence-corrected chi connectivity index (χ2v) is 5.08. The van der Waals surface area contributed by atoms with Crippen LogP contribution in [0.5, 0.6) is 5.75 Å². The molecule has 0 fully saturated rings. The summed E-state index contributed by atoms with van der Waals surface area (Å²) < 4.78 is 10.7. The third-order valence-electron chi connectivity index (χ3n) is 2.96. The molecule has 21 heavy (non-hydrogen) atoms. The van der Waals surface area contributed by atoms with E-state index in [9.17, 15) is 4.79 Å². The maximum Gasteiger partial charge on any atom is 0.315 e. The van der Waals surface area contributed by atoms with E-state index < -0.39 is 0 Å². The van der Waals surface area contributed by atoms with Crippen molar-refractivity contribution in [3.63, 3.8) is 0 Å². The highest BCUT2D eigenvalue weighted by Crippen LogP contribution is 2.22. The van der Waals surface area contributed by atoms with E-state index in [1.807, 2.05) is 0 Å². The molecular formula is C16H12ClNO3. The number of carbonyl (C=O) groups is 1. The Morgan fingerprint density at radius 2 is 2.00 bits per heavy atom. The van der Waals surface area contributed by atoms with E-state index in [4.69, 9.17) is 20.8 Å². The number of rotatable bonds is 3. The molecule has 0 aliphatic heterocycles. The lowest BCUT2D eigenvalue weighted by Gasteiger charge is -2.04. The minimum absolute atomic E-state index is 0.185. The van der Waals surface area contributed by atoms with Gasteiger partial charge in [-0.15, -0.1) is 0 Å². The van der Waals surface area contributed by atoms with Gasteiger partial charge in [0.25, 0.3) is 0 Å². The van der Waals surface area contributed by atoms with E-state index in [0.29, 0.717) is 22.2 Å². The molecular weight excluding hydrogens is 290 g/mol. The summed E-state index contributed by atoms with van der Waals surface area (Å²) in [6, 6.07) is 12.2. The SMILES string of the molecule is Cc1nc2ccc(OC(=O)Cc3ccc(Cl)cc3)cc2o1. The van der Waals surface area contributed by atoms with Crippen LogP contribution < -0.4 is 4.74 Å². The number of aryl methyl sites for hydroxylation is 1. The van der Waals surface area contributed by atoms with Crippen LogP contribution in [-0.4, -0.2) is 11.0 Å². The zero-order chi connectivity index (χ0) is 14.8. The fraction of sp³-hybridized carbons (Fsp3) is 0.125. The predicted molar refractivity (Wildman–Crippen MR) is 79.5 cm³/mol. The highest BCUT2D eigenvalue weighted by molar-refractivity contribution is 6.30. The first-order chi connectivity index (χ1) is 10.1. The summed E-state index contributed by atoms with van der Waals surface area (Å²) in [6.45, 7) is 1.77. The monoisotopic (exact) mass is 301 g/mol. The van der Waals surface area contributed by atoms with Crippen LogP contribution in [0.15, 0.2) is 46.9 Å². The Bertz CT molecular complexity index is 793. The van der Waals surface area contributed by atoms with E-state index in [1.165, 1.54) is 0 Å². The van der Waals surface area contributed by atoms with E-state index >= 15 is 0 Å². The van der Waals surface area contributed by atoms with Crippen molar-refractivity contribution >= 4 is 28.7 Å². The molecule has 4 nitrogen and oxygen atoms in total. The maximum absolute atomic E-state index is 11.9. The Hall–Kier alpha value is -2.33. The second kappa shape index (κ2) is 5.58. The first-order valence-electron chi connectivity index (χ1n) is 6.42. The summed E-state index contributed by atoms with van der Waals surface area (Å²) in [4.78, 5) is 16.1. The number of aromatic nitrogens is 1. The Kier molecular flexibility index (Phi) is 3.62. The molecule has 0 radical (unpaired) electrons. The van der Waals surface area contributed by atoms with Gasteiger partial charge in [-0.1, -0.05) is 23.7 Å². The van der Waals surface area contributed by atoms with Crippen LogP contribution in [-0.2, 0) is 11.2 Å². The van der Waals surface area contributed by atoms with E-state index in [2.05, 4.69) is 4.98 Å². The molecule has 2 aromatic carbocycles. The van der Waals surface area contributed by atoms with Gasteiger partial charge in [0.15, 0.2) is 11.5 Å². The number of hydrogen-bond acceptors (Lipinski definition) is 4. The van der Waals surface area contributed by atoms with Crippen LogP contribution in [0.25, 0.3) is 11.1 Å². The van der Waals surface area contributed by atoms with Gasteiger partial charge in [0.2, 0.25) is 0 Å². The van der Waals surface area contributed by atoms with Crippen molar-refractivity contribution in [1.82, 2.24) is 4.98 Å². The van der Waals surface area contributed by atoms with Crippen molar-refractivity contribution in [2.45, 2.75) is 13.3 Å². The smallest absolute Gasteiger partial charge is 0.315 e. The molecule has 0 N–H and O–H groups in total. The lowest BCUT2D eigenvalue weighted by atomic mass is 10.1. The van der Waals surface area contributed by atoms with Gasteiger partial charge in [-0.05, 0) is 29.8 Å². The lowest BCUT2D eigenvalue weighted by Crippen LogP contribution is -2.11. The average Bonchev–Trinajstić information content (AvgIpc) is 2.80. The normalized spacial score (nSPS) is 10.8. The fourth-order valence-electron chi connectivity index (χ4n) is 2.02. The maximum atomic E-state index is 11.9. The molecule has 0 aliphatic carbocycles. The van der Waals surface area contributed by atoms with Crippen LogP contribution in [0.2, 0.25) is 5.02 Å². The number of halogens is 1. The lowest BCUT2D eigenvalue weighted by molar-refractivity contribution is -0.133. The van der Waals surface area contributed by atoms with E-state index in [-0.39, 0.29) is 12.4 Å². The topological polar surface area (TPSA) is 52.3 Å². The molecule has 106 valence electrons. The minimum atomic E-state index is -0.340. The number of ether oxygens (including phenoxy) is 1. The van der Waals surface area contributed by atoms with Crippen molar-refractivity contribution in [3.8, 4) is 5.75 Å². The predicted octanol–water partition coefficient (Wildman–Crippen LogP) is 3.94. The summed E-state index contributed by atoms with van der Waals surface area (Å²) in [5, 5.41) is 0.637. The highest BCUT2D eigenvalue weighted by atomic mass is 35.5. The van der Waals surface area contributed by atoms with E-state index in [1.54, 1.807) is 49.4 Å². The molecule has 3 rings (SSSR count). The van der Waals surface area contributed by atoms with Crippen LogP contribution in [0.3, 0.4) is 0 Å².